The van der Waals surface area contributed by atoms with Crippen molar-refractivity contribution in [2.45, 2.75) is 38.0 Å². The van der Waals surface area contributed by atoms with Crippen molar-refractivity contribution in [1.82, 2.24) is 10.2 Å². The second kappa shape index (κ2) is 5.15. The Morgan fingerprint density at radius 3 is 3.22 bits per heavy atom. The van der Waals surface area contributed by atoms with Crippen molar-refractivity contribution in [3.63, 3.8) is 0 Å². The third kappa shape index (κ3) is 2.44. The highest BCUT2D eigenvalue weighted by molar-refractivity contribution is 6.30. The Hall–Kier alpha value is -1.28. The molecule has 93 valence electrons. The second-order valence-electron chi connectivity index (χ2n) is 5.00. The number of halogens is 1. The topological polar surface area (TPSA) is 28.7 Å². The lowest BCUT2D eigenvalue weighted by atomic mass is 9.92. The van der Waals surface area contributed by atoms with Crippen LogP contribution in [0.25, 0.3) is 0 Å². The first-order valence-electron chi connectivity index (χ1n) is 6.52. The SMILES string of the molecule is Clc1cccc(CC2CCCCc3[c]n[nH]c32)c1. The largest absolute Gasteiger partial charge is 0.281 e. The molecule has 0 amide bonds. The summed E-state index contributed by atoms with van der Waals surface area (Å²) in [6.07, 6.45) is 8.98. The number of fused-ring (bicyclic) bond motifs is 1. The molecule has 18 heavy (non-hydrogen) atoms. The Kier molecular flexibility index (Phi) is 3.37. The summed E-state index contributed by atoms with van der Waals surface area (Å²) < 4.78 is 0. The first kappa shape index (κ1) is 11.8. The molecule has 2 nitrogen and oxygen atoms in total. The molecule has 1 unspecified atom stereocenters. The predicted molar refractivity (Wildman–Crippen MR) is 72.9 cm³/mol. The summed E-state index contributed by atoms with van der Waals surface area (Å²) in [6, 6.07) is 8.16. The van der Waals surface area contributed by atoms with E-state index < -0.39 is 0 Å². The lowest BCUT2D eigenvalue weighted by Crippen LogP contribution is -2.04. The molecule has 0 aliphatic heterocycles. The number of H-pyrrole nitrogens is 1. The molecule has 1 radical (unpaired) electrons. The van der Waals surface area contributed by atoms with Crippen LogP contribution in [-0.4, -0.2) is 10.2 Å². The lowest BCUT2D eigenvalue weighted by Gasteiger charge is -2.14. The first-order chi connectivity index (χ1) is 8.83. The van der Waals surface area contributed by atoms with Gasteiger partial charge in [0.1, 0.15) is 6.20 Å². The van der Waals surface area contributed by atoms with Crippen molar-refractivity contribution < 1.29 is 0 Å². The van der Waals surface area contributed by atoms with Gasteiger partial charge >= 0.3 is 0 Å². The van der Waals surface area contributed by atoms with E-state index in [9.17, 15) is 0 Å². The fraction of sp³-hybridized carbons (Fsp3) is 0.400. The fourth-order valence-electron chi connectivity index (χ4n) is 2.80. The summed E-state index contributed by atoms with van der Waals surface area (Å²) in [7, 11) is 0. The molecule has 0 spiro atoms. The van der Waals surface area contributed by atoms with Crippen molar-refractivity contribution in [1.29, 1.82) is 0 Å². The highest BCUT2D eigenvalue weighted by Gasteiger charge is 2.21. The van der Waals surface area contributed by atoms with Crippen LogP contribution in [0.15, 0.2) is 24.3 Å². The van der Waals surface area contributed by atoms with Crippen molar-refractivity contribution in [2.24, 2.45) is 0 Å². The highest BCUT2D eigenvalue weighted by Crippen LogP contribution is 2.31. The maximum absolute atomic E-state index is 6.05. The maximum atomic E-state index is 6.05. The minimum Gasteiger partial charge on any atom is -0.281 e. The minimum atomic E-state index is 0.528. The zero-order chi connectivity index (χ0) is 12.4. The molecule has 1 atom stereocenters. The first-order valence-corrected chi connectivity index (χ1v) is 6.90. The van der Waals surface area contributed by atoms with E-state index in [1.54, 1.807) is 0 Å². The Labute approximate surface area is 112 Å². The van der Waals surface area contributed by atoms with E-state index in [1.807, 2.05) is 12.1 Å². The number of aromatic nitrogens is 2. The van der Waals surface area contributed by atoms with Gasteiger partial charge in [-0.1, -0.05) is 30.2 Å². The van der Waals surface area contributed by atoms with E-state index >= 15 is 0 Å². The van der Waals surface area contributed by atoms with Gasteiger partial charge in [-0.2, -0.15) is 5.10 Å². The molecule has 1 aliphatic carbocycles. The van der Waals surface area contributed by atoms with Crippen molar-refractivity contribution in [3.05, 3.63) is 52.3 Å². The number of rotatable bonds is 2. The predicted octanol–water partition coefficient (Wildman–Crippen LogP) is 3.92. The zero-order valence-electron chi connectivity index (χ0n) is 10.2. The molecule has 1 N–H and O–H groups in total. The van der Waals surface area contributed by atoms with E-state index in [0.717, 1.165) is 17.9 Å². The van der Waals surface area contributed by atoms with E-state index in [0.29, 0.717) is 5.92 Å². The van der Waals surface area contributed by atoms with Crippen molar-refractivity contribution in [3.8, 4) is 0 Å². The Morgan fingerprint density at radius 2 is 2.33 bits per heavy atom. The Morgan fingerprint density at radius 1 is 1.39 bits per heavy atom. The van der Waals surface area contributed by atoms with Gasteiger partial charge in [-0.25, -0.2) is 0 Å². The molecule has 1 aromatic carbocycles. The van der Waals surface area contributed by atoms with Crippen molar-refractivity contribution >= 4 is 11.6 Å². The molecule has 3 heteroatoms. The summed E-state index contributed by atoms with van der Waals surface area (Å²) in [5, 5.41) is 8.04. The van der Waals surface area contributed by atoms with Crippen LogP contribution in [0.2, 0.25) is 5.02 Å². The molecule has 0 saturated heterocycles. The summed E-state index contributed by atoms with van der Waals surface area (Å²) >= 11 is 6.05. The summed E-state index contributed by atoms with van der Waals surface area (Å²) in [4.78, 5) is 0. The summed E-state index contributed by atoms with van der Waals surface area (Å²) in [5.74, 6) is 0.528. The molecule has 1 aromatic heterocycles. The third-order valence-electron chi connectivity index (χ3n) is 3.70. The van der Waals surface area contributed by atoms with Crippen molar-refractivity contribution in [2.75, 3.05) is 0 Å². The average molecular weight is 260 g/mol. The molecule has 0 bridgehead atoms. The molecule has 2 aromatic rings. The smallest absolute Gasteiger partial charge is 0.116 e. The van der Waals surface area contributed by atoms with Crippen LogP contribution in [0.5, 0.6) is 0 Å². The van der Waals surface area contributed by atoms with Gasteiger partial charge in [0.15, 0.2) is 0 Å². The second-order valence-corrected chi connectivity index (χ2v) is 5.44. The average Bonchev–Trinajstić information content (AvgIpc) is 2.74. The number of benzene rings is 1. The van der Waals surface area contributed by atoms with Crippen LogP contribution >= 0.6 is 11.6 Å². The standard InChI is InChI=1S/C15H16ClN2/c16-14-7-3-4-11(9-14)8-12-5-1-2-6-13-10-17-18-15(12)13/h3-4,7,9,12H,1-2,5-6,8H2,(H,17,18). The van der Waals surface area contributed by atoms with E-state index in [4.69, 9.17) is 11.6 Å². The number of aromatic amines is 1. The number of aryl methyl sites for hydroxylation is 1. The maximum Gasteiger partial charge on any atom is 0.116 e. The van der Waals surface area contributed by atoms with Gasteiger partial charge in [-0.15, -0.1) is 0 Å². The van der Waals surface area contributed by atoms with Gasteiger partial charge in [-0.3, -0.25) is 5.10 Å². The summed E-state index contributed by atoms with van der Waals surface area (Å²) in [6.45, 7) is 0. The van der Waals surface area contributed by atoms with Crippen LogP contribution in [0.4, 0.5) is 0 Å². The number of hydrogen-bond donors (Lipinski definition) is 1. The molecule has 3 rings (SSSR count). The van der Waals surface area contributed by atoms with Gasteiger partial charge in [0, 0.05) is 22.2 Å². The zero-order valence-corrected chi connectivity index (χ0v) is 11.0. The van der Waals surface area contributed by atoms with Gasteiger partial charge in [-0.05, 0) is 43.4 Å². The monoisotopic (exact) mass is 259 g/mol. The highest BCUT2D eigenvalue weighted by atomic mass is 35.5. The quantitative estimate of drug-likeness (QED) is 0.814. The number of nitrogens with one attached hydrogen (secondary N) is 1. The molecule has 0 saturated carbocycles. The molecule has 1 heterocycles. The molecular weight excluding hydrogens is 244 g/mol. The van der Waals surface area contributed by atoms with E-state index in [2.05, 4.69) is 28.5 Å². The number of nitrogens with zero attached hydrogens (tertiary/aromatic N) is 1. The van der Waals surface area contributed by atoms with Gasteiger partial charge < -0.3 is 0 Å². The van der Waals surface area contributed by atoms with E-state index in [1.165, 1.54) is 36.1 Å². The lowest BCUT2D eigenvalue weighted by molar-refractivity contribution is 0.578. The van der Waals surface area contributed by atoms with Crippen LogP contribution in [0.1, 0.15) is 42.0 Å². The summed E-state index contributed by atoms with van der Waals surface area (Å²) in [5.41, 5.74) is 3.86. The van der Waals surface area contributed by atoms with Crippen LogP contribution in [0.3, 0.4) is 0 Å². The van der Waals surface area contributed by atoms with Crippen LogP contribution in [0, 0.1) is 6.20 Å². The van der Waals surface area contributed by atoms with Crippen LogP contribution < -0.4 is 0 Å². The van der Waals surface area contributed by atoms with Gasteiger partial charge in [0.25, 0.3) is 0 Å². The van der Waals surface area contributed by atoms with Gasteiger partial charge in [0.05, 0.1) is 0 Å². The minimum absolute atomic E-state index is 0.528. The number of hydrogen-bond acceptors (Lipinski definition) is 1. The fourth-order valence-corrected chi connectivity index (χ4v) is 3.01. The Bertz CT molecular complexity index is 533. The molecular formula is C15H16ClN2. The normalized spacial score (nSPS) is 19.3. The Balaban J connectivity index is 1.85. The molecule has 1 aliphatic rings. The third-order valence-corrected chi connectivity index (χ3v) is 3.94. The molecule has 0 fully saturated rings. The van der Waals surface area contributed by atoms with Gasteiger partial charge in [0.2, 0.25) is 0 Å². The van der Waals surface area contributed by atoms with Crippen LogP contribution in [-0.2, 0) is 12.8 Å². The van der Waals surface area contributed by atoms with E-state index in [-0.39, 0.29) is 0 Å².